The van der Waals surface area contributed by atoms with Crippen LogP contribution in [0.25, 0.3) is 16.6 Å². The third-order valence-electron chi connectivity index (χ3n) is 4.94. The van der Waals surface area contributed by atoms with E-state index in [1.807, 2.05) is 67.8 Å². The van der Waals surface area contributed by atoms with Crippen molar-refractivity contribution in [3.63, 3.8) is 0 Å². The number of carbonyl (C=O) groups excluding carboxylic acids is 1. The topological polar surface area (TPSA) is 63.6 Å². The van der Waals surface area contributed by atoms with Crippen LogP contribution in [0, 0.1) is 20.8 Å². The number of nitrogens with one attached hydrogen (secondary N) is 1. The van der Waals surface area contributed by atoms with E-state index in [1.54, 1.807) is 0 Å². The van der Waals surface area contributed by atoms with Crippen LogP contribution in [-0.4, -0.2) is 30.8 Å². The highest BCUT2D eigenvalue weighted by Crippen LogP contribution is 2.31. The maximum Gasteiger partial charge on any atom is 0.196 e. The van der Waals surface area contributed by atoms with E-state index < -0.39 is 0 Å². The molecular weight excluding hydrogens is 368 g/mol. The van der Waals surface area contributed by atoms with Crippen LogP contribution in [0.3, 0.4) is 0 Å². The third kappa shape index (κ3) is 3.14. The van der Waals surface area contributed by atoms with E-state index in [0.717, 1.165) is 44.4 Å². The summed E-state index contributed by atoms with van der Waals surface area (Å²) in [5.41, 5.74) is 4.82. The van der Waals surface area contributed by atoms with Crippen molar-refractivity contribution in [3.05, 3.63) is 71.2 Å². The summed E-state index contributed by atoms with van der Waals surface area (Å²) >= 11 is 1.44. The minimum atomic E-state index is -0.288. The van der Waals surface area contributed by atoms with E-state index in [0.29, 0.717) is 0 Å². The second-order valence-electron chi connectivity index (χ2n) is 6.95. The van der Waals surface area contributed by atoms with Crippen LogP contribution < -0.4 is 0 Å². The van der Waals surface area contributed by atoms with Crippen molar-refractivity contribution >= 4 is 28.4 Å². The van der Waals surface area contributed by atoms with Gasteiger partial charge in [0.15, 0.2) is 10.9 Å². The van der Waals surface area contributed by atoms with Gasteiger partial charge in [-0.15, -0.1) is 10.2 Å². The molecule has 6 heteroatoms. The van der Waals surface area contributed by atoms with Crippen LogP contribution in [0.15, 0.2) is 53.7 Å². The largest absolute Gasteiger partial charge is 0.358 e. The van der Waals surface area contributed by atoms with Gasteiger partial charge < -0.3 is 4.98 Å². The third-order valence-corrected chi connectivity index (χ3v) is 5.99. The summed E-state index contributed by atoms with van der Waals surface area (Å²) < 4.78 is 2.02. The highest BCUT2D eigenvalue weighted by Gasteiger charge is 2.25. The number of H-pyrrole nitrogens is 1. The van der Waals surface area contributed by atoms with Gasteiger partial charge in [-0.05, 0) is 45.4 Å². The number of carbonyl (C=O) groups is 1. The molecule has 0 saturated carbocycles. The lowest BCUT2D eigenvalue weighted by Crippen LogP contribution is -2.15. The van der Waals surface area contributed by atoms with Crippen LogP contribution in [0.5, 0.6) is 0 Å². The first kappa shape index (κ1) is 18.5. The molecule has 5 nitrogen and oxygen atoms in total. The monoisotopic (exact) mass is 390 g/mol. The molecule has 4 aromatic rings. The molecule has 0 amide bonds. The normalized spacial score (nSPS) is 12.4. The molecule has 0 aliphatic heterocycles. The van der Waals surface area contributed by atoms with Crippen LogP contribution in [-0.2, 0) is 0 Å². The van der Waals surface area contributed by atoms with Gasteiger partial charge in [-0.2, -0.15) is 0 Å². The molecule has 2 heterocycles. The lowest BCUT2D eigenvalue weighted by Gasteiger charge is -2.14. The number of Topliss-reactive ketones (excluding diaryl/α,β-unsaturated/α-hetero) is 1. The van der Waals surface area contributed by atoms with Gasteiger partial charge in [0.05, 0.1) is 10.9 Å². The SMILES string of the molecule is Cc1ccccc1-n1c(C)nnc1SC(C)C(=O)c1c(C)[nH]c2ccccc12. The number of aromatic amines is 1. The van der Waals surface area contributed by atoms with E-state index in [4.69, 9.17) is 0 Å². The predicted molar refractivity (Wildman–Crippen MR) is 114 cm³/mol. The van der Waals surface area contributed by atoms with Crippen LogP contribution in [0.4, 0.5) is 0 Å². The highest BCUT2D eigenvalue weighted by molar-refractivity contribution is 8.00. The minimum Gasteiger partial charge on any atom is -0.358 e. The van der Waals surface area contributed by atoms with E-state index in [-0.39, 0.29) is 11.0 Å². The number of hydrogen-bond acceptors (Lipinski definition) is 4. The summed E-state index contributed by atoms with van der Waals surface area (Å²) in [6.07, 6.45) is 0. The lowest BCUT2D eigenvalue weighted by molar-refractivity contribution is 0.0995. The molecule has 0 bridgehead atoms. The fourth-order valence-electron chi connectivity index (χ4n) is 3.52. The molecule has 2 aromatic heterocycles. The molecular formula is C22H22N4OS. The fraction of sp³-hybridized carbons (Fsp3) is 0.227. The number of benzene rings is 2. The number of nitrogens with zero attached hydrogens (tertiary/aromatic N) is 3. The second kappa shape index (κ2) is 7.28. The van der Waals surface area contributed by atoms with Crippen LogP contribution in [0.2, 0.25) is 0 Å². The Morgan fingerprint density at radius 3 is 2.54 bits per heavy atom. The Labute approximate surface area is 168 Å². The molecule has 28 heavy (non-hydrogen) atoms. The molecule has 142 valence electrons. The van der Waals surface area contributed by atoms with Crippen LogP contribution in [0.1, 0.15) is 34.4 Å². The molecule has 2 aromatic carbocycles. The van der Waals surface area contributed by atoms with Gasteiger partial charge in [-0.1, -0.05) is 48.2 Å². The van der Waals surface area contributed by atoms with E-state index >= 15 is 0 Å². The van der Waals surface area contributed by atoms with Crippen molar-refractivity contribution in [2.24, 2.45) is 0 Å². The number of aryl methyl sites for hydroxylation is 3. The zero-order valence-corrected chi connectivity index (χ0v) is 17.2. The summed E-state index contributed by atoms with van der Waals surface area (Å²) in [7, 11) is 0. The lowest BCUT2D eigenvalue weighted by atomic mass is 10.1. The fourth-order valence-corrected chi connectivity index (χ4v) is 4.48. The van der Waals surface area contributed by atoms with Crippen LogP contribution >= 0.6 is 11.8 Å². The summed E-state index contributed by atoms with van der Waals surface area (Å²) in [6.45, 7) is 7.87. The number of ketones is 1. The Morgan fingerprint density at radius 2 is 1.75 bits per heavy atom. The standard InChI is InChI=1S/C22H22N4OS/c1-13-9-5-8-12-19(13)26-16(4)24-25-22(26)28-15(3)21(27)20-14(2)23-18-11-7-6-10-17(18)20/h5-12,15,23H,1-4H3. The van der Waals surface area contributed by atoms with E-state index in [9.17, 15) is 4.79 Å². The molecule has 1 atom stereocenters. The van der Waals surface area contributed by atoms with Crippen molar-refractivity contribution < 1.29 is 4.79 Å². The van der Waals surface area contributed by atoms with Gasteiger partial charge in [0.2, 0.25) is 0 Å². The first-order chi connectivity index (χ1) is 13.5. The molecule has 0 saturated heterocycles. The Morgan fingerprint density at radius 1 is 1.04 bits per heavy atom. The predicted octanol–water partition coefficient (Wildman–Crippen LogP) is 5.04. The van der Waals surface area contributed by atoms with Gasteiger partial charge in [0, 0.05) is 22.2 Å². The molecule has 1 N–H and O–H groups in total. The summed E-state index contributed by atoms with van der Waals surface area (Å²) in [6, 6.07) is 16.0. The second-order valence-corrected chi connectivity index (χ2v) is 8.25. The van der Waals surface area contributed by atoms with Gasteiger partial charge in [0.1, 0.15) is 5.82 Å². The summed E-state index contributed by atoms with van der Waals surface area (Å²) in [5.74, 6) is 0.900. The van der Waals surface area contributed by atoms with Gasteiger partial charge in [0.25, 0.3) is 0 Å². The maximum absolute atomic E-state index is 13.3. The first-order valence-electron chi connectivity index (χ1n) is 9.23. The highest BCUT2D eigenvalue weighted by atomic mass is 32.2. The molecule has 0 radical (unpaired) electrons. The Kier molecular flexibility index (Phi) is 4.81. The number of hydrogen-bond donors (Lipinski definition) is 1. The number of para-hydroxylation sites is 2. The minimum absolute atomic E-state index is 0.0944. The number of thioether (sulfide) groups is 1. The summed E-state index contributed by atoms with van der Waals surface area (Å²) in [4.78, 5) is 16.6. The van der Waals surface area contributed by atoms with Gasteiger partial charge >= 0.3 is 0 Å². The smallest absolute Gasteiger partial charge is 0.196 e. The Balaban J connectivity index is 1.68. The Bertz CT molecular complexity index is 1170. The molecule has 0 fully saturated rings. The van der Waals surface area contributed by atoms with Crippen molar-refractivity contribution in [2.75, 3.05) is 0 Å². The maximum atomic E-state index is 13.3. The van der Waals surface area contributed by atoms with Gasteiger partial charge in [-0.25, -0.2) is 0 Å². The van der Waals surface area contributed by atoms with Crippen molar-refractivity contribution in [1.82, 2.24) is 19.7 Å². The quantitative estimate of drug-likeness (QED) is 0.383. The molecule has 0 aliphatic carbocycles. The van der Waals surface area contributed by atoms with E-state index in [2.05, 4.69) is 28.2 Å². The molecule has 4 rings (SSSR count). The zero-order valence-electron chi connectivity index (χ0n) is 16.4. The van der Waals surface area contributed by atoms with Crippen molar-refractivity contribution in [2.45, 2.75) is 38.1 Å². The summed E-state index contributed by atoms with van der Waals surface area (Å²) in [5, 5.41) is 9.99. The first-order valence-corrected chi connectivity index (χ1v) is 10.1. The van der Waals surface area contributed by atoms with Crippen molar-refractivity contribution in [1.29, 1.82) is 0 Å². The molecule has 0 spiro atoms. The zero-order chi connectivity index (χ0) is 19.8. The van der Waals surface area contributed by atoms with Crippen molar-refractivity contribution in [3.8, 4) is 5.69 Å². The number of rotatable bonds is 5. The number of fused-ring (bicyclic) bond motifs is 1. The average Bonchev–Trinajstić information content (AvgIpc) is 3.20. The number of aromatic nitrogens is 4. The Hall–Kier alpha value is -2.86. The molecule has 1 unspecified atom stereocenters. The van der Waals surface area contributed by atoms with E-state index in [1.165, 1.54) is 11.8 Å². The van der Waals surface area contributed by atoms with Gasteiger partial charge in [-0.3, -0.25) is 9.36 Å². The average molecular weight is 391 g/mol. The molecule has 0 aliphatic rings.